The van der Waals surface area contributed by atoms with Crippen molar-refractivity contribution in [3.05, 3.63) is 35.6 Å². The van der Waals surface area contributed by atoms with Crippen LogP contribution in [-0.4, -0.2) is 36.0 Å². The Kier molecular flexibility index (Phi) is 11.7. The number of carbonyl (C=O) groups excluding carboxylic acids is 1. The zero-order valence-electron chi connectivity index (χ0n) is 13.2. The van der Waals surface area contributed by atoms with Crippen molar-refractivity contribution in [3.63, 3.8) is 0 Å². The number of aliphatic carboxylic acids is 1. The molecule has 0 radical (unpaired) electrons. The van der Waals surface area contributed by atoms with Gasteiger partial charge < -0.3 is 22.3 Å². The Labute approximate surface area is 135 Å². The van der Waals surface area contributed by atoms with Gasteiger partial charge in [0.25, 0.3) is 0 Å². The molecule has 7 N–H and O–H groups in total. The molecule has 0 bridgehead atoms. The highest BCUT2D eigenvalue weighted by Crippen LogP contribution is 2.14. The molecule has 1 aromatic carbocycles. The maximum Gasteiger partial charge on any atom is 0.321 e. The molecule has 23 heavy (non-hydrogen) atoms. The fraction of sp³-hybridized carbons (Fsp3) is 0.500. The number of nitrogens with two attached hydrogens (primary N) is 3. The van der Waals surface area contributed by atoms with E-state index < -0.39 is 17.8 Å². The summed E-state index contributed by atoms with van der Waals surface area (Å²) in [5.74, 6) is -1.52. The largest absolute Gasteiger partial charge is 0.480 e. The summed E-state index contributed by atoms with van der Waals surface area (Å²) in [6.07, 6.45) is 7.16. The molecule has 0 aromatic heterocycles. The highest BCUT2D eigenvalue weighted by Gasteiger charge is 2.06. The molecule has 2 rings (SSSR count). The van der Waals surface area contributed by atoms with E-state index in [4.69, 9.17) is 22.3 Å². The van der Waals surface area contributed by atoms with E-state index in [2.05, 4.69) is 0 Å². The fourth-order valence-corrected chi connectivity index (χ4v) is 1.81. The van der Waals surface area contributed by atoms with E-state index in [1.807, 2.05) is 0 Å². The summed E-state index contributed by atoms with van der Waals surface area (Å²) in [4.78, 5) is 19.7. The van der Waals surface area contributed by atoms with Crippen LogP contribution in [0.2, 0.25) is 0 Å². The van der Waals surface area contributed by atoms with Crippen LogP contribution in [0.1, 0.15) is 42.5 Å². The van der Waals surface area contributed by atoms with Crippen LogP contribution in [0.4, 0.5) is 4.39 Å². The van der Waals surface area contributed by atoms with Crippen molar-refractivity contribution in [2.24, 2.45) is 17.2 Å². The van der Waals surface area contributed by atoms with E-state index in [0.29, 0.717) is 12.3 Å². The van der Waals surface area contributed by atoms with E-state index in [-0.39, 0.29) is 12.1 Å². The van der Waals surface area contributed by atoms with E-state index in [1.165, 1.54) is 44.2 Å². The Morgan fingerprint density at radius 3 is 2.13 bits per heavy atom. The third kappa shape index (κ3) is 10.5. The second-order valence-corrected chi connectivity index (χ2v) is 5.22. The zero-order chi connectivity index (χ0) is 17.7. The van der Waals surface area contributed by atoms with E-state index in [0.717, 1.165) is 0 Å². The minimum Gasteiger partial charge on any atom is -0.480 e. The first-order valence-corrected chi connectivity index (χ1v) is 7.56. The summed E-state index contributed by atoms with van der Waals surface area (Å²) >= 11 is 0. The second-order valence-electron chi connectivity index (χ2n) is 5.22. The van der Waals surface area contributed by atoms with Crippen LogP contribution in [0.5, 0.6) is 0 Å². The van der Waals surface area contributed by atoms with Crippen molar-refractivity contribution >= 4 is 12.3 Å². The highest BCUT2D eigenvalue weighted by molar-refractivity contribution is 5.74. The fourth-order valence-electron chi connectivity index (χ4n) is 1.81. The summed E-state index contributed by atoms with van der Waals surface area (Å²) in [5, 5.41) is 7.98. The van der Waals surface area contributed by atoms with Crippen LogP contribution >= 0.6 is 0 Å². The number of carboxylic acids is 1. The Morgan fingerprint density at radius 2 is 1.87 bits per heavy atom. The van der Waals surface area contributed by atoms with Gasteiger partial charge in [0.2, 0.25) is 0 Å². The highest BCUT2D eigenvalue weighted by atomic mass is 19.1. The van der Waals surface area contributed by atoms with Gasteiger partial charge in [0.05, 0.1) is 5.56 Å². The number of benzene rings is 1. The molecule has 0 spiro atoms. The van der Waals surface area contributed by atoms with Crippen molar-refractivity contribution in [2.45, 2.75) is 44.2 Å². The van der Waals surface area contributed by atoms with Gasteiger partial charge in [-0.2, -0.15) is 0 Å². The topological polar surface area (TPSA) is 132 Å². The predicted molar refractivity (Wildman–Crippen MR) is 87.5 cm³/mol. The van der Waals surface area contributed by atoms with Crippen molar-refractivity contribution in [2.75, 3.05) is 6.54 Å². The van der Waals surface area contributed by atoms with Crippen LogP contribution in [0, 0.1) is 5.82 Å². The van der Waals surface area contributed by atoms with Crippen molar-refractivity contribution in [1.29, 1.82) is 0 Å². The molecular weight excluding hydrogens is 301 g/mol. The average molecular weight is 327 g/mol. The Hall–Kier alpha value is -1.83. The normalized spacial score (nSPS) is 15.3. The van der Waals surface area contributed by atoms with E-state index in [1.54, 1.807) is 12.1 Å². The van der Waals surface area contributed by atoms with E-state index >= 15 is 0 Å². The van der Waals surface area contributed by atoms with Crippen LogP contribution in [0.3, 0.4) is 0 Å². The lowest BCUT2D eigenvalue weighted by molar-refractivity contribution is -0.138. The SMILES string of the molecule is NC1CCCCC1.NC[C@H](N)C(=O)O.O=Cc1ccccc1F. The predicted octanol–water partition coefficient (Wildman–Crippen LogP) is 1.27. The molecule has 0 saturated heterocycles. The Morgan fingerprint density at radius 1 is 1.30 bits per heavy atom. The molecule has 1 aliphatic carbocycles. The quantitative estimate of drug-likeness (QED) is 0.618. The first kappa shape index (κ1) is 21.2. The molecule has 0 heterocycles. The number of carboxylic acid groups (broad SMARTS) is 1. The van der Waals surface area contributed by atoms with Gasteiger partial charge in [-0.15, -0.1) is 0 Å². The van der Waals surface area contributed by atoms with Gasteiger partial charge in [-0.1, -0.05) is 31.4 Å². The summed E-state index contributed by atoms with van der Waals surface area (Å²) in [5.41, 5.74) is 15.5. The molecular formula is C16H26FN3O3. The number of aldehydes is 1. The van der Waals surface area contributed by atoms with Gasteiger partial charge in [0.1, 0.15) is 11.9 Å². The maximum absolute atomic E-state index is 12.4. The van der Waals surface area contributed by atoms with Gasteiger partial charge in [-0.3, -0.25) is 9.59 Å². The summed E-state index contributed by atoms with van der Waals surface area (Å²) < 4.78 is 12.4. The molecule has 130 valence electrons. The summed E-state index contributed by atoms with van der Waals surface area (Å²) in [6, 6.07) is 5.48. The van der Waals surface area contributed by atoms with Crippen molar-refractivity contribution in [3.8, 4) is 0 Å². The smallest absolute Gasteiger partial charge is 0.321 e. The Bertz CT molecular complexity index is 466. The van der Waals surface area contributed by atoms with Gasteiger partial charge >= 0.3 is 5.97 Å². The van der Waals surface area contributed by atoms with Gasteiger partial charge in [-0.25, -0.2) is 4.39 Å². The lowest BCUT2D eigenvalue weighted by Gasteiger charge is -2.15. The van der Waals surface area contributed by atoms with Crippen molar-refractivity contribution < 1.29 is 19.1 Å². The molecule has 1 fully saturated rings. The molecule has 1 saturated carbocycles. The molecule has 7 heteroatoms. The molecule has 0 aliphatic heterocycles. The third-order valence-corrected chi connectivity index (χ3v) is 3.25. The standard InChI is InChI=1S/C7H5FO.C6H13N.C3H8N2O2/c8-7-4-2-1-3-6(7)5-9;7-6-4-2-1-3-5-6;4-1-2(5)3(6)7/h1-5H;6H,1-5,7H2;2H,1,4-5H2,(H,6,7)/t;;2-/m..0/s1. The summed E-state index contributed by atoms with van der Waals surface area (Å²) in [7, 11) is 0. The molecule has 1 aromatic rings. The maximum atomic E-state index is 12.4. The second kappa shape index (κ2) is 12.7. The van der Waals surface area contributed by atoms with Crippen LogP contribution in [0.25, 0.3) is 0 Å². The lowest BCUT2D eigenvalue weighted by Crippen LogP contribution is -2.37. The average Bonchev–Trinajstić information content (AvgIpc) is 2.56. The van der Waals surface area contributed by atoms with Crippen LogP contribution in [0.15, 0.2) is 24.3 Å². The minimum atomic E-state index is -1.05. The lowest BCUT2D eigenvalue weighted by atomic mass is 9.97. The number of hydrogen-bond acceptors (Lipinski definition) is 5. The Balaban J connectivity index is 0.000000320. The molecule has 1 aliphatic rings. The van der Waals surface area contributed by atoms with Gasteiger partial charge in [0, 0.05) is 12.6 Å². The van der Waals surface area contributed by atoms with Gasteiger partial charge in [-0.05, 0) is 25.0 Å². The van der Waals surface area contributed by atoms with Crippen molar-refractivity contribution in [1.82, 2.24) is 0 Å². The van der Waals surface area contributed by atoms with Crippen LogP contribution < -0.4 is 17.2 Å². The van der Waals surface area contributed by atoms with Crippen LogP contribution in [-0.2, 0) is 4.79 Å². The first-order chi connectivity index (χ1) is 10.9. The van der Waals surface area contributed by atoms with E-state index in [9.17, 15) is 14.0 Å². The number of rotatable bonds is 3. The monoisotopic (exact) mass is 327 g/mol. The number of carbonyl (C=O) groups is 2. The minimum absolute atomic E-state index is 0.00463. The molecule has 1 atom stereocenters. The van der Waals surface area contributed by atoms with Gasteiger partial charge in [0.15, 0.2) is 6.29 Å². The number of halogens is 1. The summed E-state index contributed by atoms with van der Waals surface area (Å²) in [6.45, 7) is -0.00463. The molecule has 0 amide bonds. The first-order valence-electron chi connectivity index (χ1n) is 7.56. The number of hydrogen-bond donors (Lipinski definition) is 4. The zero-order valence-corrected chi connectivity index (χ0v) is 13.2. The third-order valence-electron chi connectivity index (χ3n) is 3.25. The molecule has 6 nitrogen and oxygen atoms in total. The molecule has 0 unspecified atom stereocenters.